The maximum atomic E-state index is 5.04. The lowest BCUT2D eigenvalue weighted by Gasteiger charge is -2.29. The molecule has 0 aromatic carbocycles. The van der Waals surface area contributed by atoms with Crippen molar-refractivity contribution in [2.45, 2.75) is 39.8 Å². The highest BCUT2D eigenvalue weighted by atomic mass is 32.1. The van der Waals surface area contributed by atoms with Crippen molar-refractivity contribution >= 4 is 11.3 Å². The molecule has 4 nitrogen and oxygen atoms in total. The van der Waals surface area contributed by atoms with Crippen LogP contribution in [0.4, 0.5) is 0 Å². The second-order valence-electron chi connectivity index (χ2n) is 5.77. The molecule has 1 atom stereocenters. The number of likely N-dealkylation sites (tertiary alicyclic amines) is 1. The average Bonchev–Trinajstić information content (AvgIpc) is 2.75. The van der Waals surface area contributed by atoms with Gasteiger partial charge in [0.25, 0.3) is 0 Å². The number of nitrogens with one attached hydrogen (secondary N) is 1. The second-order valence-corrected chi connectivity index (χ2v) is 6.94. The van der Waals surface area contributed by atoms with Gasteiger partial charge in [-0.1, -0.05) is 6.92 Å². The van der Waals surface area contributed by atoms with Crippen LogP contribution >= 0.6 is 11.3 Å². The summed E-state index contributed by atoms with van der Waals surface area (Å²) in [7, 11) is 1.73. The highest BCUT2D eigenvalue weighted by molar-refractivity contribution is 7.11. The lowest BCUT2D eigenvalue weighted by Crippen LogP contribution is -2.33. The van der Waals surface area contributed by atoms with Crippen molar-refractivity contribution in [3.63, 3.8) is 0 Å². The number of aromatic nitrogens is 1. The normalized spacial score (nSPS) is 20.4. The van der Waals surface area contributed by atoms with Crippen LogP contribution in [0.2, 0.25) is 0 Å². The van der Waals surface area contributed by atoms with Crippen molar-refractivity contribution in [2.75, 3.05) is 33.4 Å². The third-order valence-corrected chi connectivity index (χ3v) is 4.95. The van der Waals surface area contributed by atoms with E-state index >= 15 is 0 Å². The Bertz CT molecular complexity index is 408. The monoisotopic (exact) mass is 297 g/mol. The number of piperidine rings is 1. The third-order valence-electron chi connectivity index (χ3n) is 3.81. The van der Waals surface area contributed by atoms with E-state index in [1.807, 2.05) is 11.3 Å². The van der Waals surface area contributed by atoms with E-state index in [0.29, 0.717) is 0 Å². The highest BCUT2D eigenvalue weighted by Gasteiger charge is 2.18. The van der Waals surface area contributed by atoms with Gasteiger partial charge in [0.15, 0.2) is 0 Å². The first-order valence-corrected chi connectivity index (χ1v) is 8.38. The lowest BCUT2D eigenvalue weighted by atomic mass is 10.0. The van der Waals surface area contributed by atoms with Crippen molar-refractivity contribution in [1.82, 2.24) is 15.2 Å². The Morgan fingerprint density at radius 1 is 1.50 bits per heavy atom. The SMILES string of the molecule is COCCNCc1sc(CN2CCCC(C)C2)nc1C. The predicted octanol–water partition coefficient (Wildman–Crippen LogP) is 2.42. The number of ether oxygens (including phenoxy) is 1. The van der Waals surface area contributed by atoms with Gasteiger partial charge in [-0.15, -0.1) is 11.3 Å². The third kappa shape index (κ3) is 4.81. The summed E-state index contributed by atoms with van der Waals surface area (Å²) in [6, 6.07) is 0. The molecule has 0 radical (unpaired) electrons. The molecule has 1 aliphatic heterocycles. The van der Waals surface area contributed by atoms with E-state index in [-0.39, 0.29) is 0 Å². The summed E-state index contributed by atoms with van der Waals surface area (Å²) < 4.78 is 5.04. The van der Waals surface area contributed by atoms with Crippen molar-refractivity contribution in [3.05, 3.63) is 15.6 Å². The second kappa shape index (κ2) is 8.08. The molecule has 0 amide bonds. The summed E-state index contributed by atoms with van der Waals surface area (Å²) in [4.78, 5) is 8.65. The first-order chi connectivity index (χ1) is 9.69. The number of hydrogen-bond acceptors (Lipinski definition) is 5. The summed E-state index contributed by atoms with van der Waals surface area (Å²) in [5, 5.41) is 4.66. The van der Waals surface area contributed by atoms with Gasteiger partial charge in [0.1, 0.15) is 5.01 Å². The van der Waals surface area contributed by atoms with Gasteiger partial charge in [-0.25, -0.2) is 4.98 Å². The Kier molecular flexibility index (Phi) is 6.42. The lowest BCUT2D eigenvalue weighted by molar-refractivity contribution is 0.176. The van der Waals surface area contributed by atoms with Crippen LogP contribution in [-0.2, 0) is 17.8 Å². The number of nitrogens with zero attached hydrogens (tertiary/aromatic N) is 2. The molecule has 0 saturated carbocycles. The maximum absolute atomic E-state index is 5.04. The first-order valence-electron chi connectivity index (χ1n) is 7.56. The predicted molar refractivity (Wildman–Crippen MR) is 84.1 cm³/mol. The smallest absolute Gasteiger partial charge is 0.107 e. The van der Waals surface area contributed by atoms with E-state index < -0.39 is 0 Å². The average molecular weight is 297 g/mol. The van der Waals surface area contributed by atoms with E-state index in [2.05, 4.69) is 24.1 Å². The molecule has 20 heavy (non-hydrogen) atoms. The first kappa shape index (κ1) is 15.9. The van der Waals surface area contributed by atoms with Gasteiger partial charge in [0.2, 0.25) is 0 Å². The van der Waals surface area contributed by atoms with Crippen LogP contribution in [0.15, 0.2) is 0 Å². The van der Waals surface area contributed by atoms with Gasteiger partial charge in [0.05, 0.1) is 18.8 Å². The fourth-order valence-electron chi connectivity index (χ4n) is 2.72. The fourth-order valence-corrected chi connectivity index (χ4v) is 3.80. The number of methoxy groups -OCH3 is 1. The quantitative estimate of drug-likeness (QED) is 0.784. The summed E-state index contributed by atoms with van der Waals surface area (Å²) >= 11 is 1.86. The Balaban J connectivity index is 1.83. The molecule has 1 aliphatic rings. The molecule has 0 spiro atoms. The minimum atomic E-state index is 0.760. The summed E-state index contributed by atoms with van der Waals surface area (Å²) in [6.07, 6.45) is 2.71. The van der Waals surface area contributed by atoms with E-state index in [1.165, 1.54) is 41.5 Å². The molecule has 0 bridgehead atoms. The summed E-state index contributed by atoms with van der Waals surface area (Å²) in [5.74, 6) is 0.833. The van der Waals surface area contributed by atoms with Gasteiger partial charge in [0, 0.05) is 31.6 Å². The zero-order valence-electron chi connectivity index (χ0n) is 12.9. The maximum Gasteiger partial charge on any atom is 0.107 e. The molecule has 1 aromatic heterocycles. The molecular weight excluding hydrogens is 270 g/mol. The standard InChI is InChI=1S/C15H27N3OS/c1-12-5-4-7-18(10-12)11-15-17-13(2)14(20-15)9-16-6-8-19-3/h12,16H,4-11H2,1-3H3. The molecule has 1 aromatic rings. The molecule has 1 unspecified atom stereocenters. The van der Waals surface area contributed by atoms with Crippen LogP contribution in [0.25, 0.3) is 0 Å². The minimum absolute atomic E-state index is 0.760. The molecule has 1 saturated heterocycles. The Morgan fingerprint density at radius 2 is 2.35 bits per heavy atom. The van der Waals surface area contributed by atoms with Crippen molar-refractivity contribution in [1.29, 1.82) is 0 Å². The Labute approximate surface area is 126 Å². The largest absolute Gasteiger partial charge is 0.383 e. The van der Waals surface area contributed by atoms with Crippen LogP contribution in [0.1, 0.15) is 35.3 Å². The molecule has 2 rings (SSSR count). The zero-order valence-corrected chi connectivity index (χ0v) is 13.8. The summed E-state index contributed by atoms with van der Waals surface area (Å²) in [6.45, 7) is 10.5. The van der Waals surface area contributed by atoms with E-state index in [1.54, 1.807) is 7.11 Å². The van der Waals surface area contributed by atoms with Gasteiger partial charge in [-0.2, -0.15) is 0 Å². The number of rotatable bonds is 7. The highest BCUT2D eigenvalue weighted by Crippen LogP contribution is 2.22. The minimum Gasteiger partial charge on any atom is -0.383 e. The van der Waals surface area contributed by atoms with Crippen LogP contribution in [0, 0.1) is 12.8 Å². The van der Waals surface area contributed by atoms with Crippen LogP contribution in [-0.4, -0.2) is 43.2 Å². The van der Waals surface area contributed by atoms with Gasteiger partial charge < -0.3 is 10.1 Å². The van der Waals surface area contributed by atoms with Crippen molar-refractivity contribution < 1.29 is 4.74 Å². The molecule has 0 aliphatic carbocycles. The topological polar surface area (TPSA) is 37.4 Å². The molecule has 114 valence electrons. The van der Waals surface area contributed by atoms with Gasteiger partial charge >= 0.3 is 0 Å². The molecule has 2 heterocycles. The number of aryl methyl sites for hydroxylation is 1. The van der Waals surface area contributed by atoms with E-state index in [4.69, 9.17) is 9.72 Å². The van der Waals surface area contributed by atoms with Crippen LogP contribution in [0.5, 0.6) is 0 Å². The van der Waals surface area contributed by atoms with Gasteiger partial charge in [-0.05, 0) is 32.2 Å². The molecule has 5 heteroatoms. The number of hydrogen-bond donors (Lipinski definition) is 1. The number of thiazole rings is 1. The fraction of sp³-hybridized carbons (Fsp3) is 0.800. The molecule has 1 fully saturated rings. The van der Waals surface area contributed by atoms with Crippen LogP contribution < -0.4 is 5.32 Å². The zero-order chi connectivity index (χ0) is 14.4. The summed E-state index contributed by atoms with van der Waals surface area (Å²) in [5.41, 5.74) is 1.18. The Morgan fingerprint density at radius 3 is 3.10 bits per heavy atom. The van der Waals surface area contributed by atoms with E-state index in [0.717, 1.165) is 32.2 Å². The Hall–Kier alpha value is -0.490. The molecule has 1 N–H and O–H groups in total. The van der Waals surface area contributed by atoms with Crippen molar-refractivity contribution in [3.8, 4) is 0 Å². The van der Waals surface area contributed by atoms with Crippen LogP contribution in [0.3, 0.4) is 0 Å². The van der Waals surface area contributed by atoms with Gasteiger partial charge in [-0.3, -0.25) is 4.90 Å². The van der Waals surface area contributed by atoms with Crippen molar-refractivity contribution in [2.24, 2.45) is 5.92 Å². The molecular formula is C15H27N3OS. The van der Waals surface area contributed by atoms with E-state index in [9.17, 15) is 0 Å².